The topological polar surface area (TPSA) is 50.5 Å². The fraction of sp³-hybridized carbons (Fsp3) is 0.188. The van der Waals surface area contributed by atoms with E-state index >= 15 is 0 Å². The first-order valence-corrected chi connectivity index (χ1v) is 9.12. The van der Waals surface area contributed by atoms with E-state index in [-0.39, 0.29) is 17.2 Å². The molecular weight excluding hydrogens is 424 g/mol. The minimum Gasteiger partial charge on any atom is -0.268 e. The van der Waals surface area contributed by atoms with Crippen molar-refractivity contribution < 1.29 is 18.0 Å². The van der Waals surface area contributed by atoms with Crippen molar-refractivity contribution in [2.75, 3.05) is 6.54 Å². The van der Waals surface area contributed by atoms with E-state index in [1.807, 2.05) is 0 Å². The Hall–Kier alpha value is -2.10. The molecule has 5 nitrogen and oxygen atoms in total. The Bertz CT molecular complexity index is 1010. The second kappa shape index (κ2) is 7.49. The van der Waals surface area contributed by atoms with Gasteiger partial charge >= 0.3 is 6.18 Å². The highest BCUT2D eigenvalue weighted by atomic mass is 35.5. The van der Waals surface area contributed by atoms with Gasteiger partial charge in [0, 0.05) is 35.0 Å². The average Bonchev–Trinajstić information content (AvgIpc) is 3.18. The zero-order valence-electron chi connectivity index (χ0n) is 13.7. The third kappa shape index (κ3) is 4.10. The lowest BCUT2D eigenvalue weighted by molar-refractivity contribution is -0.138. The molecule has 0 fully saturated rings. The van der Waals surface area contributed by atoms with E-state index in [0.717, 1.165) is 15.0 Å². The van der Waals surface area contributed by atoms with Gasteiger partial charge in [0.2, 0.25) is 9.97 Å². The van der Waals surface area contributed by atoms with Crippen LogP contribution >= 0.6 is 34.7 Å². The number of aromatic nitrogens is 3. The molecule has 0 atom stereocenters. The summed E-state index contributed by atoms with van der Waals surface area (Å²) in [5.74, 6) is -0.512. The van der Waals surface area contributed by atoms with Crippen molar-refractivity contribution in [3.05, 3.63) is 46.1 Å². The molecule has 3 aromatic rings. The molecular formula is C16H11Cl2F3N4OS. The Labute approximate surface area is 165 Å². The zero-order valence-corrected chi connectivity index (χ0v) is 16.0. The number of hydrogen-bond acceptors (Lipinski definition) is 4. The highest BCUT2D eigenvalue weighted by Gasteiger charge is 2.36. The highest BCUT2D eigenvalue weighted by molar-refractivity contribution is 7.16. The van der Waals surface area contributed by atoms with Crippen molar-refractivity contribution in [2.45, 2.75) is 13.1 Å². The number of benzene rings is 1. The monoisotopic (exact) mass is 434 g/mol. The van der Waals surface area contributed by atoms with Crippen molar-refractivity contribution >= 4 is 51.7 Å². The van der Waals surface area contributed by atoms with Crippen molar-refractivity contribution in [1.29, 1.82) is 0 Å². The summed E-state index contributed by atoms with van der Waals surface area (Å²) in [5, 5.41) is 3.08. The van der Waals surface area contributed by atoms with Crippen LogP contribution in [0.4, 0.5) is 13.2 Å². The van der Waals surface area contributed by atoms with E-state index in [9.17, 15) is 18.0 Å². The number of fused-ring (bicyclic) bond motifs is 1. The number of nitrogens with zero attached hydrogens (tertiary/aromatic N) is 4. The van der Waals surface area contributed by atoms with Gasteiger partial charge in [-0.25, -0.2) is 9.50 Å². The first-order chi connectivity index (χ1) is 12.7. The lowest BCUT2D eigenvalue weighted by atomic mass is 10.1. The van der Waals surface area contributed by atoms with Gasteiger partial charge in [-0.15, -0.1) is 5.10 Å². The molecule has 2 aromatic heterocycles. The van der Waals surface area contributed by atoms with Gasteiger partial charge < -0.3 is 0 Å². The minimum absolute atomic E-state index is 0.0533. The van der Waals surface area contributed by atoms with Gasteiger partial charge in [0.05, 0.1) is 11.4 Å². The van der Waals surface area contributed by atoms with Gasteiger partial charge in [-0.2, -0.15) is 13.2 Å². The second-order valence-electron chi connectivity index (χ2n) is 5.30. The number of likely N-dealkylation sites (N-methyl/N-ethyl adjacent to an activating group) is 1. The number of halogens is 5. The Morgan fingerprint density at radius 3 is 2.59 bits per heavy atom. The van der Waals surface area contributed by atoms with Gasteiger partial charge in [-0.05, 0) is 25.1 Å². The molecule has 0 spiro atoms. The maximum Gasteiger partial charge on any atom is 0.445 e. The minimum atomic E-state index is -4.59. The summed E-state index contributed by atoms with van der Waals surface area (Å²) < 4.78 is 40.9. The number of amides is 1. The number of carbonyl (C=O) groups excluding carboxylic acids is 1. The van der Waals surface area contributed by atoms with Gasteiger partial charge in [0.1, 0.15) is 0 Å². The summed E-state index contributed by atoms with van der Waals surface area (Å²) in [6, 6.07) is 6.63. The maximum absolute atomic E-state index is 13.0. The highest BCUT2D eigenvalue weighted by Crippen LogP contribution is 2.35. The Kier molecular flexibility index (Phi) is 5.45. The third-order valence-electron chi connectivity index (χ3n) is 3.50. The summed E-state index contributed by atoms with van der Waals surface area (Å²) in [5.41, 5.74) is 1.23. The number of imidazole rings is 1. The summed E-state index contributed by atoms with van der Waals surface area (Å²) in [4.78, 5) is 16.2. The maximum atomic E-state index is 13.0. The molecule has 0 saturated heterocycles. The predicted octanol–water partition coefficient (Wildman–Crippen LogP) is 5.15. The van der Waals surface area contributed by atoms with E-state index in [2.05, 4.69) is 10.1 Å². The molecule has 27 heavy (non-hydrogen) atoms. The zero-order chi connectivity index (χ0) is 19.8. The number of alkyl halides is 3. The Morgan fingerprint density at radius 1 is 1.33 bits per heavy atom. The molecule has 142 valence electrons. The normalized spacial score (nSPS) is 12.2. The summed E-state index contributed by atoms with van der Waals surface area (Å²) in [6.07, 6.45) is -2.08. The smallest absolute Gasteiger partial charge is 0.268 e. The molecule has 0 bridgehead atoms. The van der Waals surface area contributed by atoms with E-state index < -0.39 is 17.1 Å². The molecule has 0 saturated carbocycles. The summed E-state index contributed by atoms with van der Waals surface area (Å²) >= 11 is 12.0. The first kappa shape index (κ1) is 19.7. The summed E-state index contributed by atoms with van der Waals surface area (Å²) in [6.45, 7) is 1.95. The van der Waals surface area contributed by atoms with Crippen molar-refractivity contribution in [3.63, 3.8) is 0 Å². The molecule has 0 unspecified atom stereocenters. The number of rotatable bonds is 4. The summed E-state index contributed by atoms with van der Waals surface area (Å²) in [7, 11) is 0. The van der Waals surface area contributed by atoms with E-state index in [4.69, 9.17) is 23.4 Å². The largest absolute Gasteiger partial charge is 0.445 e. The molecule has 0 radical (unpaired) electrons. The van der Waals surface area contributed by atoms with Crippen LogP contribution in [-0.2, 0) is 11.0 Å². The van der Waals surface area contributed by atoms with E-state index in [1.165, 1.54) is 6.08 Å². The lowest BCUT2D eigenvalue weighted by Gasteiger charge is -2.07. The van der Waals surface area contributed by atoms with E-state index in [1.54, 1.807) is 31.2 Å². The van der Waals surface area contributed by atoms with Crippen LogP contribution in [0.5, 0.6) is 0 Å². The van der Waals surface area contributed by atoms with Crippen LogP contribution in [0, 0.1) is 0 Å². The standard InChI is InChI=1S/C16H11Cl2F3N4OS/c1-2-24(18)12(26)8-7-11-13(9-3-5-10(17)6-4-9)22-15-25(11)23-14(27-15)16(19,20)21/h3-8H,2H2,1H3/b8-7+. The third-order valence-corrected chi connectivity index (χ3v) is 5.11. The molecule has 0 aliphatic rings. The van der Waals surface area contributed by atoms with Crippen LogP contribution < -0.4 is 0 Å². The first-order valence-electron chi connectivity index (χ1n) is 7.58. The van der Waals surface area contributed by atoms with Crippen molar-refractivity contribution in [2.24, 2.45) is 0 Å². The van der Waals surface area contributed by atoms with Crippen molar-refractivity contribution in [1.82, 2.24) is 19.0 Å². The average molecular weight is 435 g/mol. The molecule has 0 aliphatic heterocycles. The van der Waals surface area contributed by atoms with Gasteiger partial charge in [-0.1, -0.05) is 35.1 Å². The second-order valence-corrected chi connectivity index (χ2v) is 7.10. The van der Waals surface area contributed by atoms with Crippen LogP contribution in [0.15, 0.2) is 30.3 Å². The predicted molar refractivity (Wildman–Crippen MR) is 98.6 cm³/mol. The SMILES string of the molecule is CCN(Cl)C(=O)/C=C/c1c(-c2ccc(Cl)cc2)nc2sc(C(F)(F)F)nn12. The Morgan fingerprint density at radius 2 is 2.00 bits per heavy atom. The van der Waals surface area contributed by atoms with Crippen LogP contribution in [0.2, 0.25) is 5.02 Å². The van der Waals surface area contributed by atoms with Gasteiger partial charge in [0.25, 0.3) is 5.91 Å². The lowest BCUT2D eigenvalue weighted by Crippen LogP contribution is -2.18. The van der Waals surface area contributed by atoms with Gasteiger partial charge in [0.15, 0.2) is 0 Å². The number of hydrogen-bond donors (Lipinski definition) is 0. The van der Waals surface area contributed by atoms with Crippen LogP contribution in [0.25, 0.3) is 22.3 Å². The molecule has 2 heterocycles. The fourth-order valence-electron chi connectivity index (χ4n) is 2.24. The van der Waals surface area contributed by atoms with Crippen LogP contribution in [0.1, 0.15) is 17.6 Å². The molecule has 1 aromatic carbocycles. The van der Waals surface area contributed by atoms with E-state index in [0.29, 0.717) is 27.6 Å². The molecule has 1 amide bonds. The molecule has 0 N–H and O–H groups in total. The quantitative estimate of drug-likeness (QED) is 0.421. The molecule has 3 rings (SSSR count). The fourth-order valence-corrected chi connectivity index (χ4v) is 3.19. The molecule has 0 aliphatic carbocycles. The van der Waals surface area contributed by atoms with Crippen LogP contribution in [0.3, 0.4) is 0 Å². The Balaban J connectivity index is 2.14. The van der Waals surface area contributed by atoms with Gasteiger partial charge in [-0.3, -0.25) is 9.21 Å². The molecule has 11 heteroatoms. The van der Waals surface area contributed by atoms with Crippen molar-refractivity contribution in [3.8, 4) is 11.3 Å². The van der Waals surface area contributed by atoms with Crippen LogP contribution in [-0.4, -0.2) is 31.5 Å². The number of carbonyl (C=O) groups is 1.